The minimum absolute atomic E-state index is 0.0226. The standard InChI is InChI=1S/C22H28N4O3/c1-2-10-26-11-7-16-20(24-15-23-16)22(26)8-12-25(13-9-22)21(27)19-14-28-17-5-3-4-6-18(17)29-19/h3-6,15,19H,2,7-14H2,1H3,(H,23,24). The van der Waals surface area contributed by atoms with Gasteiger partial charge in [-0.2, -0.15) is 0 Å². The van der Waals surface area contributed by atoms with Crippen LogP contribution >= 0.6 is 0 Å². The Balaban J connectivity index is 1.31. The molecule has 1 aromatic heterocycles. The summed E-state index contributed by atoms with van der Waals surface area (Å²) in [5.74, 6) is 1.38. The van der Waals surface area contributed by atoms with Gasteiger partial charge < -0.3 is 19.4 Å². The molecule has 1 spiro atoms. The van der Waals surface area contributed by atoms with Gasteiger partial charge in [0.15, 0.2) is 11.5 Å². The molecule has 29 heavy (non-hydrogen) atoms. The van der Waals surface area contributed by atoms with Crippen LogP contribution in [0, 0.1) is 0 Å². The summed E-state index contributed by atoms with van der Waals surface area (Å²) < 4.78 is 11.7. The minimum atomic E-state index is -0.571. The fourth-order valence-corrected chi connectivity index (χ4v) is 5.11. The second kappa shape index (κ2) is 7.37. The monoisotopic (exact) mass is 396 g/mol. The van der Waals surface area contributed by atoms with Crippen molar-refractivity contribution in [3.05, 3.63) is 42.0 Å². The van der Waals surface area contributed by atoms with Crippen LogP contribution < -0.4 is 9.47 Å². The first-order chi connectivity index (χ1) is 14.2. The SMILES string of the molecule is CCCN1CCc2[nH]cnc2C12CCN(C(=O)C1COc3ccccc3O1)CC2. The van der Waals surface area contributed by atoms with Gasteiger partial charge in [0.2, 0.25) is 6.10 Å². The van der Waals surface area contributed by atoms with Crippen LogP contribution in [-0.4, -0.2) is 64.6 Å². The fourth-order valence-electron chi connectivity index (χ4n) is 5.11. The number of hydrogen-bond acceptors (Lipinski definition) is 5. The summed E-state index contributed by atoms with van der Waals surface area (Å²) in [5, 5.41) is 0. The lowest BCUT2D eigenvalue weighted by Crippen LogP contribution is -2.58. The number of piperidine rings is 1. The predicted octanol–water partition coefficient (Wildman–Crippen LogP) is 2.34. The molecule has 5 rings (SSSR count). The topological polar surface area (TPSA) is 70.7 Å². The van der Waals surface area contributed by atoms with Gasteiger partial charge in [-0.1, -0.05) is 19.1 Å². The number of fused-ring (bicyclic) bond motifs is 3. The number of H-pyrrole nitrogens is 1. The molecule has 4 heterocycles. The summed E-state index contributed by atoms with van der Waals surface area (Å²) >= 11 is 0. The molecule has 7 nitrogen and oxygen atoms in total. The van der Waals surface area contributed by atoms with E-state index in [-0.39, 0.29) is 18.1 Å². The third-order valence-electron chi connectivity index (χ3n) is 6.58. The van der Waals surface area contributed by atoms with E-state index in [0.717, 1.165) is 38.8 Å². The van der Waals surface area contributed by atoms with Crippen molar-refractivity contribution < 1.29 is 14.3 Å². The summed E-state index contributed by atoms with van der Waals surface area (Å²) in [5.41, 5.74) is 2.39. The van der Waals surface area contributed by atoms with Crippen molar-refractivity contribution in [1.82, 2.24) is 19.8 Å². The number of rotatable bonds is 3. The molecule has 0 bridgehead atoms. The van der Waals surface area contributed by atoms with Gasteiger partial charge in [0.1, 0.15) is 6.61 Å². The lowest BCUT2D eigenvalue weighted by molar-refractivity contribution is -0.144. The van der Waals surface area contributed by atoms with Crippen molar-refractivity contribution in [2.45, 2.75) is 44.2 Å². The van der Waals surface area contributed by atoms with Crippen molar-refractivity contribution in [3.8, 4) is 11.5 Å². The number of benzene rings is 1. The van der Waals surface area contributed by atoms with E-state index in [2.05, 4.69) is 16.8 Å². The van der Waals surface area contributed by atoms with Crippen molar-refractivity contribution in [2.75, 3.05) is 32.8 Å². The number of carbonyl (C=O) groups excluding carboxylic acids is 1. The summed E-state index contributed by atoms with van der Waals surface area (Å²) in [6, 6.07) is 7.52. The minimum Gasteiger partial charge on any atom is -0.485 e. The number of aromatic amines is 1. The van der Waals surface area contributed by atoms with Gasteiger partial charge in [-0.3, -0.25) is 9.69 Å². The number of para-hydroxylation sites is 2. The molecule has 1 aromatic carbocycles. The zero-order chi connectivity index (χ0) is 19.8. The average molecular weight is 396 g/mol. The fraction of sp³-hybridized carbons (Fsp3) is 0.545. The highest BCUT2D eigenvalue weighted by Crippen LogP contribution is 2.42. The van der Waals surface area contributed by atoms with E-state index in [1.165, 1.54) is 11.4 Å². The average Bonchev–Trinajstić information content (AvgIpc) is 3.26. The molecule has 0 radical (unpaired) electrons. The highest BCUT2D eigenvalue weighted by molar-refractivity contribution is 5.82. The van der Waals surface area contributed by atoms with Gasteiger partial charge in [-0.25, -0.2) is 4.98 Å². The predicted molar refractivity (Wildman–Crippen MR) is 108 cm³/mol. The number of imidazole rings is 1. The molecule has 1 amide bonds. The van der Waals surface area contributed by atoms with E-state index in [1.54, 1.807) is 0 Å². The zero-order valence-corrected chi connectivity index (χ0v) is 16.9. The number of hydrogen-bond donors (Lipinski definition) is 1. The summed E-state index contributed by atoms with van der Waals surface area (Å²) in [6.07, 6.45) is 5.20. The maximum atomic E-state index is 13.1. The molecular formula is C22H28N4O3. The third-order valence-corrected chi connectivity index (χ3v) is 6.58. The molecule has 3 aliphatic rings. The molecule has 1 N–H and O–H groups in total. The van der Waals surface area contributed by atoms with Gasteiger partial charge in [0.05, 0.1) is 17.6 Å². The van der Waals surface area contributed by atoms with Gasteiger partial charge in [-0.05, 0) is 37.9 Å². The summed E-state index contributed by atoms with van der Waals surface area (Å²) in [7, 11) is 0. The van der Waals surface area contributed by atoms with Crippen LogP contribution in [0.5, 0.6) is 11.5 Å². The van der Waals surface area contributed by atoms with Crippen LogP contribution in [0.3, 0.4) is 0 Å². The van der Waals surface area contributed by atoms with Gasteiger partial charge in [0.25, 0.3) is 5.91 Å². The molecule has 1 unspecified atom stereocenters. The second-order valence-corrected chi connectivity index (χ2v) is 8.19. The summed E-state index contributed by atoms with van der Waals surface area (Å²) in [4.78, 5) is 25.7. The molecule has 7 heteroatoms. The highest BCUT2D eigenvalue weighted by Gasteiger charge is 2.47. The molecule has 3 aliphatic heterocycles. The van der Waals surface area contributed by atoms with E-state index in [9.17, 15) is 4.79 Å². The molecule has 2 aromatic rings. The quantitative estimate of drug-likeness (QED) is 0.862. The van der Waals surface area contributed by atoms with E-state index < -0.39 is 6.10 Å². The Kier molecular flexibility index (Phi) is 4.70. The number of amides is 1. The largest absolute Gasteiger partial charge is 0.485 e. The van der Waals surface area contributed by atoms with Crippen LogP contribution in [0.4, 0.5) is 0 Å². The Morgan fingerprint density at radius 3 is 2.83 bits per heavy atom. The molecule has 154 valence electrons. The molecule has 1 atom stereocenters. The first kappa shape index (κ1) is 18.5. The van der Waals surface area contributed by atoms with Crippen molar-refractivity contribution in [2.24, 2.45) is 0 Å². The van der Waals surface area contributed by atoms with Crippen LogP contribution in [0.25, 0.3) is 0 Å². The molecule has 0 aliphatic carbocycles. The van der Waals surface area contributed by atoms with Crippen molar-refractivity contribution >= 4 is 5.91 Å². The normalized spacial score (nSPS) is 23.1. The molecule has 0 saturated carbocycles. The summed E-state index contributed by atoms with van der Waals surface area (Å²) in [6.45, 7) is 6.04. The first-order valence-electron chi connectivity index (χ1n) is 10.7. The molecular weight excluding hydrogens is 368 g/mol. The Labute approximate surface area is 171 Å². The van der Waals surface area contributed by atoms with Gasteiger partial charge >= 0.3 is 0 Å². The van der Waals surface area contributed by atoms with Crippen molar-refractivity contribution in [1.29, 1.82) is 0 Å². The second-order valence-electron chi connectivity index (χ2n) is 8.19. The maximum Gasteiger partial charge on any atom is 0.267 e. The van der Waals surface area contributed by atoms with Gasteiger partial charge in [-0.15, -0.1) is 0 Å². The van der Waals surface area contributed by atoms with Crippen LogP contribution in [-0.2, 0) is 16.8 Å². The Bertz CT molecular complexity index is 888. The van der Waals surface area contributed by atoms with Crippen LogP contribution in [0.2, 0.25) is 0 Å². The third kappa shape index (κ3) is 3.08. The van der Waals surface area contributed by atoms with Crippen molar-refractivity contribution in [3.63, 3.8) is 0 Å². The number of likely N-dealkylation sites (tertiary alicyclic amines) is 1. The number of nitrogens with zero attached hydrogens (tertiary/aromatic N) is 3. The van der Waals surface area contributed by atoms with E-state index in [0.29, 0.717) is 24.6 Å². The van der Waals surface area contributed by atoms with Crippen LogP contribution in [0.1, 0.15) is 37.6 Å². The molecule has 1 fully saturated rings. The Morgan fingerprint density at radius 2 is 2.03 bits per heavy atom. The number of aromatic nitrogens is 2. The van der Waals surface area contributed by atoms with E-state index in [4.69, 9.17) is 14.5 Å². The maximum absolute atomic E-state index is 13.1. The Hall–Kier alpha value is -2.54. The first-order valence-corrected chi connectivity index (χ1v) is 10.7. The lowest BCUT2D eigenvalue weighted by Gasteiger charge is -2.50. The smallest absolute Gasteiger partial charge is 0.267 e. The lowest BCUT2D eigenvalue weighted by atomic mass is 9.78. The van der Waals surface area contributed by atoms with E-state index in [1.807, 2.05) is 35.5 Å². The Morgan fingerprint density at radius 1 is 1.24 bits per heavy atom. The highest BCUT2D eigenvalue weighted by atomic mass is 16.6. The number of nitrogens with one attached hydrogen (secondary N) is 1. The van der Waals surface area contributed by atoms with Crippen LogP contribution in [0.15, 0.2) is 30.6 Å². The van der Waals surface area contributed by atoms with Gasteiger partial charge in [0, 0.05) is 31.7 Å². The number of ether oxygens (including phenoxy) is 2. The number of carbonyl (C=O) groups is 1. The zero-order valence-electron chi connectivity index (χ0n) is 16.9. The van der Waals surface area contributed by atoms with E-state index >= 15 is 0 Å². The molecule has 1 saturated heterocycles.